The first-order chi connectivity index (χ1) is 10.6. The molecule has 1 unspecified atom stereocenters. The molecule has 1 amide bonds. The van der Waals surface area contributed by atoms with Gasteiger partial charge in [-0.15, -0.1) is 0 Å². The number of hydrogen-bond donors (Lipinski definition) is 1. The molecule has 0 aliphatic carbocycles. The zero-order valence-corrected chi connectivity index (χ0v) is 14.4. The Balaban J connectivity index is 2.32. The molecule has 1 N–H and O–H groups in total. The molecule has 4 heteroatoms. The molecule has 1 aliphatic heterocycles. The second-order valence-electron chi connectivity index (χ2n) is 5.39. The molecular formula is C18H19BrN2O. The number of fused-ring (bicyclic) bond motifs is 1. The van der Waals surface area contributed by atoms with Gasteiger partial charge in [0.25, 0.3) is 5.91 Å². The van der Waals surface area contributed by atoms with Crippen LogP contribution in [-0.2, 0) is 10.3 Å². The molecule has 2 aromatic carbocycles. The van der Waals surface area contributed by atoms with Crippen molar-refractivity contribution in [3.8, 4) is 0 Å². The molecule has 114 valence electrons. The first-order valence-electron chi connectivity index (χ1n) is 7.56. The van der Waals surface area contributed by atoms with Gasteiger partial charge in [-0.25, -0.2) is 0 Å². The van der Waals surface area contributed by atoms with E-state index in [0.717, 1.165) is 34.4 Å². The smallest absolute Gasteiger partial charge is 0.254 e. The molecule has 0 fully saturated rings. The Kier molecular flexibility index (Phi) is 4.06. The maximum atomic E-state index is 13.1. The van der Waals surface area contributed by atoms with Gasteiger partial charge in [-0.1, -0.05) is 60.1 Å². The highest BCUT2D eigenvalue weighted by Gasteiger charge is 2.51. The molecule has 1 aliphatic rings. The fourth-order valence-electron chi connectivity index (χ4n) is 3.42. The van der Waals surface area contributed by atoms with Gasteiger partial charge in [-0.3, -0.25) is 9.69 Å². The van der Waals surface area contributed by atoms with Crippen LogP contribution < -0.4 is 5.32 Å². The van der Waals surface area contributed by atoms with Gasteiger partial charge in [0, 0.05) is 15.7 Å². The summed E-state index contributed by atoms with van der Waals surface area (Å²) in [6, 6.07) is 16.0. The Morgan fingerprint density at radius 2 is 1.77 bits per heavy atom. The Morgan fingerprint density at radius 3 is 2.41 bits per heavy atom. The summed E-state index contributed by atoms with van der Waals surface area (Å²) in [5, 5.41) is 3.06. The maximum absolute atomic E-state index is 13.1. The molecule has 0 saturated carbocycles. The quantitative estimate of drug-likeness (QED) is 0.896. The van der Waals surface area contributed by atoms with Gasteiger partial charge < -0.3 is 5.32 Å². The molecule has 1 heterocycles. The summed E-state index contributed by atoms with van der Waals surface area (Å²) in [5.41, 5.74) is 2.16. The minimum absolute atomic E-state index is 0.0236. The Morgan fingerprint density at radius 1 is 1.09 bits per heavy atom. The number of nitrogens with one attached hydrogen (secondary N) is 1. The van der Waals surface area contributed by atoms with Crippen LogP contribution in [0.3, 0.4) is 0 Å². The number of carbonyl (C=O) groups is 1. The van der Waals surface area contributed by atoms with E-state index >= 15 is 0 Å². The highest BCUT2D eigenvalue weighted by atomic mass is 79.9. The van der Waals surface area contributed by atoms with E-state index in [1.165, 1.54) is 0 Å². The normalized spacial score (nSPS) is 20.1. The highest BCUT2D eigenvalue weighted by molar-refractivity contribution is 9.10. The van der Waals surface area contributed by atoms with Crippen molar-refractivity contribution < 1.29 is 4.79 Å². The second kappa shape index (κ2) is 5.86. The predicted octanol–water partition coefficient (Wildman–Crippen LogP) is 3.99. The molecule has 22 heavy (non-hydrogen) atoms. The molecule has 1 atom stereocenters. The number of nitrogens with zero attached hydrogens (tertiary/aromatic N) is 1. The van der Waals surface area contributed by atoms with E-state index in [2.05, 4.69) is 46.1 Å². The lowest BCUT2D eigenvalue weighted by molar-refractivity contribution is -0.125. The van der Waals surface area contributed by atoms with Gasteiger partial charge in [0.15, 0.2) is 5.54 Å². The number of amides is 1. The molecule has 3 nitrogen and oxygen atoms in total. The van der Waals surface area contributed by atoms with Gasteiger partial charge in [0.2, 0.25) is 0 Å². The largest absolute Gasteiger partial charge is 0.324 e. The van der Waals surface area contributed by atoms with Gasteiger partial charge in [0.1, 0.15) is 0 Å². The standard InChI is InChI=1S/C18H19BrN2O/c1-3-21(4-2)18(13-8-6-5-7-9-13)15-12-14(19)10-11-16(15)20-17(18)22/h5-12H,3-4H2,1-2H3,(H,20,22). The summed E-state index contributed by atoms with van der Waals surface area (Å²) in [5.74, 6) is 0.0236. The lowest BCUT2D eigenvalue weighted by atomic mass is 9.82. The van der Waals surface area contributed by atoms with E-state index in [4.69, 9.17) is 0 Å². The van der Waals surface area contributed by atoms with Gasteiger partial charge in [0.05, 0.1) is 0 Å². The number of rotatable bonds is 4. The van der Waals surface area contributed by atoms with Crippen LogP contribution in [0.5, 0.6) is 0 Å². The lowest BCUT2D eigenvalue weighted by Crippen LogP contribution is -2.51. The number of anilines is 1. The summed E-state index contributed by atoms with van der Waals surface area (Å²) >= 11 is 3.54. The van der Waals surface area contributed by atoms with Crippen LogP contribution in [0.1, 0.15) is 25.0 Å². The van der Waals surface area contributed by atoms with Gasteiger partial charge in [-0.05, 0) is 36.9 Å². The van der Waals surface area contributed by atoms with Crippen LogP contribution in [0, 0.1) is 0 Å². The van der Waals surface area contributed by atoms with Crippen molar-refractivity contribution in [1.29, 1.82) is 0 Å². The Labute approximate surface area is 139 Å². The zero-order chi connectivity index (χ0) is 15.7. The number of likely N-dealkylation sites (N-methyl/N-ethyl adjacent to an activating group) is 1. The van der Waals surface area contributed by atoms with Gasteiger partial charge >= 0.3 is 0 Å². The molecule has 2 aromatic rings. The van der Waals surface area contributed by atoms with Crippen LogP contribution in [0.15, 0.2) is 53.0 Å². The first kappa shape index (κ1) is 15.3. The fraction of sp³-hybridized carbons (Fsp3) is 0.278. The van der Waals surface area contributed by atoms with Crippen molar-refractivity contribution >= 4 is 27.5 Å². The van der Waals surface area contributed by atoms with E-state index in [1.54, 1.807) is 0 Å². The zero-order valence-electron chi connectivity index (χ0n) is 12.8. The minimum atomic E-state index is -0.760. The maximum Gasteiger partial charge on any atom is 0.254 e. The van der Waals surface area contributed by atoms with Crippen molar-refractivity contribution in [3.05, 3.63) is 64.1 Å². The Bertz CT molecular complexity index is 697. The van der Waals surface area contributed by atoms with E-state index in [1.807, 2.05) is 42.5 Å². The van der Waals surface area contributed by atoms with Crippen molar-refractivity contribution in [2.24, 2.45) is 0 Å². The third kappa shape index (κ3) is 2.09. The average Bonchev–Trinajstić information content (AvgIpc) is 2.82. The van der Waals surface area contributed by atoms with Crippen molar-refractivity contribution in [3.63, 3.8) is 0 Å². The fourth-order valence-corrected chi connectivity index (χ4v) is 3.78. The molecule has 0 radical (unpaired) electrons. The molecule has 0 saturated heterocycles. The van der Waals surface area contributed by atoms with E-state index in [0.29, 0.717) is 0 Å². The first-order valence-corrected chi connectivity index (χ1v) is 8.36. The number of benzene rings is 2. The number of carbonyl (C=O) groups excluding carboxylic acids is 1. The van der Waals surface area contributed by atoms with Crippen LogP contribution in [-0.4, -0.2) is 23.9 Å². The average molecular weight is 359 g/mol. The Hall–Kier alpha value is -1.65. The molecule has 0 bridgehead atoms. The number of hydrogen-bond acceptors (Lipinski definition) is 2. The lowest BCUT2D eigenvalue weighted by Gasteiger charge is -2.39. The summed E-state index contributed by atoms with van der Waals surface area (Å²) < 4.78 is 0.982. The topological polar surface area (TPSA) is 32.3 Å². The van der Waals surface area contributed by atoms with Crippen molar-refractivity contribution in [2.75, 3.05) is 18.4 Å². The summed E-state index contributed by atoms with van der Waals surface area (Å²) in [6.07, 6.45) is 0. The second-order valence-corrected chi connectivity index (χ2v) is 6.31. The minimum Gasteiger partial charge on any atom is -0.324 e. The monoisotopic (exact) mass is 358 g/mol. The van der Waals surface area contributed by atoms with Crippen LogP contribution in [0.2, 0.25) is 0 Å². The molecular weight excluding hydrogens is 340 g/mol. The van der Waals surface area contributed by atoms with Gasteiger partial charge in [-0.2, -0.15) is 0 Å². The highest BCUT2D eigenvalue weighted by Crippen LogP contribution is 2.46. The van der Waals surface area contributed by atoms with E-state index in [9.17, 15) is 4.79 Å². The summed E-state index contributed by atoms with van der Waals surface area (Å²) in [7, 11) is 0. The van der Waals surface area contributed by atoms with Crippen molar-refractivity contribution in [2.45, 2.75) is 19.4 Å². The third-order valence-corrected chi connectivity index (χ3v) is 4.87. The summed E-state index contributed by atoms with van der Waals surface area (Å²) in [6.45, 7) is 5.78. The summed E-state index contributed by atoms with van der Waals surface area (Å²) in [4.78, 5) is 15.3. The third-order valence-electron chi connectivity index (χ3n) is 4.38. The molecule has 3 rings (SSSR count). The number of halogens is 1. The molecule has 0 aromatic heterocycles. The van der Waals surface area contributed by atoms with Crippen LogP contribution in [0.4, 0.5) is 5.69 Å². The SMILES string of the molecule is CCN(CC)C1(c2ccccc2)C(=O)Nc2ccc(Br)cc21. The van der Waals surface area contributed by atoms with E-state index < -0.39 is 5.54 Å². The van der Waals surface area contributed by atoms with E-state index in [-0.39, 0.29) is 5.91 Å². The molecule has 0 spiro atoms. The van der Waals surface area contributed by atoms with Crippen LogP contribution in [0.25, 0.3) is 0 Å². The van der Waals surface area contributed by atoms with Crippen LogP contribution >= 0.6 is 15.9 Å². The predicted molar refractivity (Wildman–Crippen MR) is 92.9 cm³/mol. The van der Waals surface area contributed by atoms with Crippen molar-refractivity contribution in [1.82, 2.24) is 4.90 Å².